The van der Waals surface area contributed by atoms with Crippen molar-refractivity contribution >= 4 is 62.9 Å². The summed E-state index contributed by atoms with van der Waals surface area (Å²) in [4.78, 5) is 89.9. The molecule has 59 heavy (non-hydrogen) atoms. The molecule has 0 unspecified atom stereocenters. The van der Waals surface area contributed by atoms with Crippen molar-refractivity contribution < 1.29 is 33.9 Å². The summed E-state index contributed by atoms with van der Waals surface area (Å²) >= 11 is 0. The maximum absolute atomic E-state index is 14.5. The molecule has 4 aromatic carbocycles. The molecule has 0 radical (unpaired) electrons. The van der Waals surface area contributed by atoms with Gasteiger partial charge < -0.3 is 52.7 Å². The molecule has 11 N–H and O–H groups in total. The van der Waals surface area contributed by atoms with Crippen molar-refractivity contribution in [3.05, 3.63) is 132 Å². The predicted molar refractivity (Wildman–Crippen MR) is 220 cm³/mol. The molecular weight excluding hydrogens is 755 g/mol. The zero-order chi connectivity index (χ0) is 41.5. The number of hydrogen-bond donors (Lipinski definition) is 10. The summed E-state index contributed by atoms with van der Waals surface area (Å²) in [5, 5.41) is 27.6. The molecule has 1 aliphatic rings. The number of aromatic nitrogens is 2. The van der Waals surface area contributed by atoms with E-state index in [2.05, 4.69) is 41.9 Å². The normalized spacial score (nSPS) is 19.4. The Labute approximate surface area is 337 Å². The minimum atomic E-state index is -1.47. The van der Waals surface area contributed by atoms with Gasteiger partial charge in [0.1, 0.15) is 29.9 Å². The number of amides is 6. The predicted octanol–water partition coefficient (Wildman–Crippen LogP) is 1.46. The van der Waals surface area contributed by atoms with Gasteiger partial charge in [0, 0.05) is 65.7 Å². The molecule has 0 aliphatic carbocycles. The quantitative estimate of drug-likeness (QED) is 0.0957. The molecule has 4 atom stereocenters. The second-order valence-corrected chi connectivity index (χ2v) is 14.3. The van der Waals surface area contributed by atoms with E-state index < -0.39 is 72.7 Å². The number of phenolic OH excluding ortho intramolecular Hbond substituents is 1. The first-order valence-electron chi connectivity index (χ1n) is 19.0. The van der Waals surface area contributed by atoms with E-state index in [0.29, 0.717) is 11.1 Å². The van der Waals surface area contributed by atoms with Crippen LogP contribution in [0.15, 0.2) is 109 Å². The molecule has 1 aliphatic heterocycles. The number of carbonyl (C=O) groups excluding carboxylic acids is 6. The molecule has 1 fully saturated rings. The van der Waals surface area contributed by atoms with Crippen LogP contribution in [0.25, 0.3) is 21.8 Å². The lowest BCUT2D eigenvalue weighted by molar-refractivity contribution is -0.133. The van der Waals surface area contributed by atoms with E-state index in [0.717, 1.165) is 27.4 Å². The monoisotopic (exact) mass is 797 g/mol. The van der Waals surface area contributed by atoms with Crippen molar-refractivity contribution in [1.82, 2.24) is 41.9 Å². The van der Waals surface area contributed by atoms with Gasteiger partial charge in [0.2, 0.25) is 29.5 Å². The fourth-order valence-electron chi connectivity index (χ4n) is 7.09. The molecule has 16 nitrogen and oxygen atoms in total. The topological polar surface area (TPSA) is 252 Å². The van der Waals surface area contributed by atoms with E-state index in [1.165, 1.54) is 18.2 Å². The summed E-state index contributed by atoms with van der Waals surface area (Å²) < 4.78 is 0. The SMILES string of the molecule is Nc1ccccc1C(=O)NC[C@@H]1NC(=O)[C@H](Cc2c[nH]c3ccccc23)NC(=O)[C@H](Cc2c[nH]c3ccccc23)NC(=O)CNC(=O)[C@H](Cc2ccc(O)cc2)NC1=O. The Hall–Kier alpha value is -7.62. The van der Waals surface area contributed by atoms with Crippen LogP contribution in [0.4, 0.5) is 5.69 Å². The minimum Gasteiger partial charge on any atom is -0.508 e. The van der Waals surface area contributed by atoms with Gasteiger partial charge in [-0.25, -0.2) is 0 Å². The van der Waals surface area contributed by atoms with Crippen molar-refractivity contribution in [2.24, 2.45) is 0 Å². The summed E-state index contributed by atoms with van der Waals surface area (Å²) in [6, 6.07) is 22.0. The van der Waals surface area contributed by atoms with Crippen LogP contribution >= 0.6 is 0 Å². The Morgan fingerprint density at radius 1 is 0.610 bits per heavy atom. The van der Waals surface area contributed by atoms with E-state index in [4.69, 9.17) is 5.73 Å². The lowest BCUT2D eigenvalue weighted by Gasteiger charge is -2.26. The Morgan fingerprint density at radius 3 is 1.73 bits per heavy atom. The smallest absolute Gasteiger partial charge is 0.253 e. The van der Waals surface area contributed by atoms with E-state index in [9.17, 15) is 33.9 Å². The molecule has 6 aromatic rings. The lowest BCUT2D eigenvalue weighted by atomic mass is 10.0. The standard InChI is InChI=1S/C43H43N9O7/c44-31-10-4-1-9-30(31)39(55)47-22-37-43(59)50-34(17-24-13-15-27(53)16-14-24)40(56)48-23-38(54)49-35(18-25-20-45-32-11-5-2-7-28(25)32)41(57)51-36(42(58)52-37)19-26-21-46-33-12-6-3-8-29(26)33/h1-16,20-21,34-37,45-46,53H,17-19,22-23,44H2,(H,47,55)(H,48,56)(H,49,54)(H,50,59)(H,51,57)(H,52,58)/t34-,35-,36-,37-/m0/s1. The summed E-state index contributed by atoms with van der Waals surface area (Å²) in [5.41, 5.74) is 9.96. The first kappa shape index (κ1) is 39.6. The van der Waals surface area contributed by atoms with Gasteiger partial charge in [-0.15, -0.1) is 0 Å². The van der Waals surface area contributed by atoms with Crippen LogP contribution in [0.1, 0.15) is 27.0 Å². The maximum Gasteiger partial charge on any atom is 0.253 e. The zero-order valence-corrected chi connectivity index (χ0v) is 31.7. The van der Waals surface area contributed by atoms with Gasteiger partial charge in [-0.3, -0.25) is 28.8 Å². The summed E-state index contributed by atoms with van der Waals surface area (Å²) in [6.45, 7) is -0.984. The third kappa shape index (κ3) is 9.51. The van der Waals surface area contributed by atoms with Gasteiger partial charge in [-0.1, -0.05) is 60.7 Å². The fourth-order valence-corrected chi connectivity index (χ4v) is 7.09. The number of aromatic hydroxyl groups is 1. The number of benzene rings is 4. The molecule has 0 saturated carbocycles. The van der Waals surface area contributed by atoms with Crippen molar-refractivity contribution in [2.45, 2.75) is 43.4 Å². The third-order valence-corrected chi connectivity index (χ3v) is 10.2. The Kier molecular flexibility index (Phi) is 11.9. The first-order chi connectivity index (χ1) is 28.5. The van der Waals surface area contributed by atoms with Gasteiger partial charge in [0.15, 0.2) is 0 Å². The summed E-state index contributed by atoms with van der Waals surface area (Å²) in [5.74, 6) is -4.36. The number of nitrogens with two attached hydrogens (primary N) is 1. The summed E-state index contributed by atoms with van der Waals surface area (Å²) in [7, 11) is 0. The van der Waals surface area contributed by atoms with Gasteiger partial charge in [-0.2, -0.15) is 0 Å². The van der Waals surface area contributed by atoms with Gasteiger partial charge >= 0.3 is 0 Å². The fraction of sp³-hybridized carbons (Fsp3) is 0.209. The van der Waals surface area contributed by atoms with Crippen LogP contribution in [0.5, 0.6) is 5.75 Å². The van der Waals surface area contributed by atoms with E-state index in [1.54, 1.807) is 42.7 Å². The number of hydrogen-bond acceptors (Lipinski definition) is 8. The zero-order valence-electron chi connectivity index (χ0n) is 31.7. The summed E-state index contributed by atoms with van der Waals surface area (Å²) in [6.07, 6.45) is 3.40. The largest absolute Gasteiger partial charge is 0.508 e. The third-order valence-electron chi connectivity index (χ3n) is 10.2. The van der Waals surface area contributed by atoms with Crippen LogP contribution < -0.4 is 37.6 Å². The number of para-hydroxylation sites is 3. The van der Waals surface area contributed by atoms with Crippen molar-refractivity contribution in [3.8, 4) is 5.75 Å². The number of phenols is 1. The molecule has 302 valence electrons. The number of nitrogens with one attached hydrogen (secondary N) is 8. The average molecular weight is 798 g/mol. The number of rotatable bonds is 9. The highest BCUT2D eigenvalue weighted by molar-refractivity contribution is 6.01. The molecule has 2 aromatic heterocycles. The van der Waals surface area contributed by atoms with Crippen LogP contribution in [0.3, 0.4) is 0 Å². The Bertz CT molecular complexity index is 2530. The molecule has 16 heteroatoms. The van der Waals surface area contributed by atoms with Crippen molar-refractivity contribution in [1.29, 1.82) is 0 Å². The van der Waals surface area contributed by atoms with Crippen LogP contribution in [-0.4, -0.2) is 87.8 Å². The molecular formula is C43H43N9O7. The molecule has 6 amide bonds. The van der Waals surface area contributed by atoms with Gasteiger partial charge in [-0.05, 0) is 53.1 Å². The van der Waals surface area contributed by atoms with Gasteiger partial charge in [0.05, 0.1) is 12.1 Å². The highest BCUT2D eigenvalue weighted by atomic mass is 16.3. The molecule has 1 saturated heterocycles. The van der Waals surface area contributed by atoms with E-state index in [-0.39, 0.29) is 36.3 Å². The Morgan fingerprint density at radius 2 is 1.12 bits per heavy atom. The highest BCUT2D eigenvalue weighted by Crippen LogP contribution is 2.22. The van der Waals surface area contributed by atoms with Crippen molar-refractivity contribution in [3.63, 3.8) is 0 Å². The lowest BCUT2D eigenvalue weighted by Crippen LogP contribution is -2.60. The Balaban J connectivity index is 1.24. The number of H-pyrrole nitrogens is 2. The maximum atomic E-state index is 14.5. The number of carbonyl (C=O) groups is 6. The first-order valence-corrected chi connectivity index (χ1v) is 19.0. The van der Waals surface area contributed by atoms with Crippen molar-refractivity contribution in [2.75, 3.05) is 18.8 Å². The van der Waals surface area contributed by atoms with E-state index in [1.807, 2.05) is 48.5 Å². The highest BCUT2D eigenvalue weighted by Gasteiger charge is 2.34. The number of nitrogen functional groups attached to an aromatic ring is 1. The molecule has 0 spiro atoms. The van der Waals surface area contributed by atoms with Gasteiger partial charge in [0.25, 0.3) is 5.91 Å². The van der Waals surface area contributed by atoms with Crippen LogP contribution in [0.2, 0.25) is 0 Å². The molecule has 3 heterocycles. The minimum absolute atomic E-state index is 0.00825. The van der Waals surface area contributed by atoms with Crippen LogP contribution in [0, 0.1) is 0 Å². The molecule has 7 rings (SSSR count). The average Bonchev–Trinajstić information content (AvgIpc) is 3.84. The number of aromatic amines is 2. The second kappa shape index (κ2) is 17.7. The van der Waals surface area contributed by atoms with E-state index >= 15 is 0 Å². The molecule has 0 bridgehead atoms. The number of fused-ring (bicyclic) bond motifs is 2. The second-order valence-electron chi connectivity index (χ2n) is 14.3. The number of anilines is 1. The van der Waals surface area contributed by atoms with Crippen LogP contribution in [-0.2, 0) is 43.2 Å².